The van der Waals surface area contributed by atoms with E-state index in [1.165, 1.54) is 6.08 Å². The number of hydrogen-bond acceptors (Lipinski definition) is 5. The molecule has 1 saturated heterocycles. The number of aliphatic hydroxyl groups excluding tert-OH is 1. The van der Waals surface area contributed by atoms with Gasteiger partial charge in [-0.3, -0.25) is 4.79 Å². The Morgan fingerprint density at radius 2 is 1.92 bits per heavy atom. The summed E-state index contributed by atoms with van der Waals surface area (Å²) in [6, 6.07) is 7.47. The third-order valence-electron chi connectivity index (χ3n) is 6.30. The van der Waals surface area contributed by atoms with Crippen molar-refractivity contribution < 1.29 is 14.3 Å². The molecular formula is C29H41FN4O2. The van der Waals surface area contributed by atoms with Gasteiger partial charge in [0.15, 0.2) is 6.23 Å². The zero-order valence-electron chi connectivity index (χ0n) is 22.0. The van der Waals surface area contributed by atoms with Crippen molar-refractivity contribution in [3.63, 3.8) is 0 Å². The van der Waals surface area contributed by atoms with Crippen LogP contribution >= 0.6 is 0 Å². The highest BCUT2D eigenvalue weighted by Gasteiger charge is 2.32. The van der Waals surface area contributed by atoms with E-state index in [0.29, 0.717) is 41.9 Å². The van der Waals surface area contributed by atoms with Crippen molar-refractivity contribution in [2.24, 2.45) is 5.73 Å². The Bertz CT molecular complexity index is 1030. The molecule has 1 amide bonds. The molecule has 1 atom stereocenters. The van der Waals surface area contributed by atoms with Crippen LogP contribution in [0.4, 0.5) is 10.1 Å². The summed E-state index contributed by atoms with van der Waals surface area (Å²) in [6.45, 7) is 16.5. The molecule has 0 saturated carbocycles. The van der Waals surface area contributed by atoms with E-state index < -0.39 is 12.1 Å². The van der Waals surface area contributed by atoms with Crippen molar-refractivity contribution in [3.05, 3.63) is 89.6 Å². The van der Waals surface area contributed by atoms with Crippen LogP contribution in [-0.4, -0.2) is 34.5 Å². The first-order valence-electron chi connectivity index (χ1n) is 12.4. The molecule has 5 N–H and O–H groups in total. The lowest BCUT2D eigenvalue weighted by Gasteiger charge is -2.41. The molecular weight excluding hydrogens is 455 g/mol. The summed E-state index contributed by atoms with van der Waals surface area (Å²) in [5, 5.41) is 17.3. The normalized spacial score (nSPS) is 16.6. The number of nitrogens with two attached hydrogens (primary N) is 1. The zero-order chi connectivity index (χ0) is 26.9. The second kappa shape index (κ2) is 13.1. The predicted molar refractivity (Wildman–Crippen MR) is 146 cm³/mol. The minimum atomic E-state index is -0.987. The largest absolute Gasteiger partial charge is 0.401 e. The molecule has 0 spiro atoms. The molecule has 6 nitrogen and oxygen atoms in total. The maximum absolute atomic E-state index is 13.0. The molecule has 1 aromatic rings. The van der Waals surface area contributed by atoms with Gasteiger partial charge in [-0.25, -0.2) is 4.39 Å². The maximum atomic E-state index is 13.0. The van der Waals surface area contributed by atoms with Crippen LogP contribution in [0.3, 0.4) is 0 Å². The summed E-state index contributed by atoms with van der Waals surface area (Å²) in [7, 11) is 0. The number of amides is 1. The van der Waals surface area contributed by atoms with E-state index in [-0.39, 0.29) is 11.4 Å². The van der Waals surface area contributed by atoms with E-state index in [1.807, 2.05) is 42.2 Å². The lowest BCUT2D eigenvalue weighted by molar-refractivity contribution is -0.138. The Kier molecular flexibility index (Phi) is 10.5. The number of nitrogens with one attached hydrogen (secondary N) is 2. The first-order chi connectivity index (χ1) is 16.9. The third kappa shape index (κ3) is 8.41. The maximum Gasteiger partial charge on any atom is 0.223 e. The third-order valence-corrected chi connectivity index (χ3v) is 6.30. The Morgan fingerprint density at radius 3 is 2.47 bits per heavy atom. The quantitative estimate of drug-likeness (QED) is 0.224. The van der Waals surface area contributed by atoms with Gasteiger partial charge in [0.2, 0.25) is 5.91 Å². The van der Waals surface area contributed by atoms with E-state index in [1.54, 1.807) is 13.0 Å². The van der Waals surface area contributed by atoms with Crippen LogP contribution in [0.15, 0.2) is 84.0 Å². The van der Waals surface area contributed by atoms with Gasteiger partial charge in [-0.05, 0) is 75.5 Å². The lowest BCUT2D eigenvalue weighted by atomic mass is 9.98. The summed E-state index contributed by atoms with van der Waals surface area (Å²) < 4.78 is 13.0. The summed E-state index contributed by atoms with van der Waals surface area (Å²) in [6.07, 6.45) is 6.92. The van der Waals surface area contributed by atoms with Gasteiger partial charge >= 0.3 is 0 Å². The standard InChI is InChI=1S/C29H41FN4O2/c1-7-23(20(2)11-12-21(3)30)18-26(22(4)31)33-28(36)24-13-15-25(16-14-24)32-19-29(5,6)34-17-9-8-10-27(34)35/h11-16,18,28,32-33,36H,2-3,7-10,17,19,31H2,1,4-6H3/b12-11-,23-18+,26-22-. The second-order valence-corrected chi connectivity index (χ2v) is 9.76. The number of likely N-dealkylation sites (tertiary alicyclic amines) is 1. The van der Waals surface area contributed by atoms with Gasteiger partial charge in [-0.1, -0.05) is 38.3 Å². The Morgan fingerprint density at radius 1 is 1.25 bits per heavy atom. The molecule has 36 heavy (non-hydrogen) atoms. The molecule has 0 bridgehead atoms. The first-order valence-corrected chi connectivity index (χ1v) is 12.4. The molecule has 0 aliphatic carbocycles. The van der Waals surface area contributed by atoms with Gasteiger partial charge in [0.25, 0.3) is 0 Å². The lowest BCUT2D eigenvalue weighted by Crippen LogP contribution is -2.53. The van der Waals surface area contributed by atoms with E-state index in [9.17, 15) is 14.3 Å². The van der Waals surface area contributed by atoms with Crippen LogP contribution in [0, 0.1) is 0 Å². The van der Waals surface area contributed by atoms with Crippen molar-refractivity contribution in [3.8, 4) is 0 Å². The highest BCUT2D eigenvalue weighted by Crippen LogP contribution is 2.24. The van der Waals surface area contributed by atoms with Gasteiger partial charge in [0.1, 0.15) is 5.83 Å². The first kappa shape index (κ1) is 28.9. The number of benzene rings is 1. The van der Waals surface area contributed by atoms with Crippen molar-refractivity contribution in [2.75, 3.05) is 18.4 Å². The van der Waals surface area contributed by atoms with Crippen molar-refractivity contribution in [2.45, 2.75) is 65.1 Å². The summed E-state index contributed by atoms with van der Waals surface area (Å²) in [5.74, 6) is -0.336. The van der Waals surface area contributed by atoms with Crippen LogP contribution in [0.2, 0.25) is 0 Å². The fourth-order valence-electron chi connectivity index (χ4n) is 4.04. The number of carbonyl (C=O) groups is 1. The highest BCUT2D eigenvalue weighted by molar-refractivity contribution is 5.77. The summed E-state index contributed by atoms with van der Waals surface area (Å²) in [4.78, 5) is 14.3. The number of allylic oxidation sites excluding steroid dienone is 7. The van der Waals surface area contributed by atoms with Gasteiger partial charge in [0.05, 0.1) is 11.2 Å². The Balaban J connectivity index is 2.05. The molecule has 0 aromatic heterocycles. The molecule has 1 aliphatic heterocycles. The number of hydrogen-bond donors (Lipinski definition) is 4. The topological polar surface area (TPSA) is 90.6 Å². The molecule has 1 aromatic carbocycles. The van der Waals surface area contributed by atoms with E-state index in [2.05, 4.69) is 37.6 Å². The van der Waals surface area contributed by atoms with Crippen LogP contribution in [0.5, 0.6) is 0 Å². The number of rotatable bonds is 12. The van der Waals surface area contributed by atoms with Crippen LogP contribution < -0.4 is 16.4 Å². The predicted octanol–water partition coefficient (Wildman–Crippen LogP) is 5.59. The van der Waals surface area contributed by atoms with Crippen LogP contribution in [0.25, 0.3) is 0 Å². The Labute approximate surface area is 215 Å². The SMILES string of the molecule is C=C(F)/C=C\C(=C)/C(=C/C(NC(O)c1ccc(NCC(C)(C)N2CCCCC2=O)cc1)=C(\C)N)CC. The van der Waals surface area contributed by atoms with E-state index in [4.69, 9.17) is 5.73 Å². The number of nitrogens with zero attached hydrogens (tertiary/aromatic N) is 1. The Hall–Kier alpha value is -3.32. The van der Waals surface area contributed by atoms with Gasteiger partial charge in [-0.2, -0.15) is 0 Å². The number of carbonyl (C=O) groups excluding carboxylic acids is 1. The van der Waals surface area contributed by atoms with Crippen molar-refractivity contribution >= 4 is 11.6 Å². The molecule has 1 heterocycles. The smallest absolute Gasteiger partial charge is 0.223 e. The van der Waals surface area contributed by atoms with Crippen LogP contribution in [-0.2, 0) is 4.79 Å². The monoisotopic (exact) mass is 496 g/mol. The molecule has 1 fully saturated rings. The molecule has 7 heteroatoms. The summed E-state index contributed by atoms with van der Waals surface area (Å²) >= 11 is 0. The number of anilines is 1. The number of aliphatic hydroxyl groups is 1. The summed E-state index contributed by atoms with van der Waals surface area (Å²) in [5.41, 5.74) is 9.88. The average molecular weight is 497 g/mol. The van der Waals surface area contributed by atoms with Crippen LogP contribution in [0.1, 0.15) is 65.2 Å². The molecule has 2 rings (SSSR count). The molecule has 0 radical (unpaired) electrons. The fraction of sp³-hybridized carbons (Fsp3) is 0.414. The molecule has 1 aliphatic rings. The average Bonchev–Trinajstić information content (AvgIpc) is 2.84. The zero-order valence-corrected chi connectivity index (χ0v) is 22.0. The minimum absolute atomic E-state index is 0.212. The fourth-order valence-corrected chi connectivity index (χ4v) is 4.04. The van der Waals surface area contributed by atoms with E-state index >= 15 is 0 Å². The van der Waals surface area contributed by atoms with Gasteiger partial charge < -0.3 is 26.4 Å². The van der Waals surface area contributed by atoms with Crippen molar-refractivity contribution in [1.82, 2.24) is 10.2 Å². The molecule has 1 unspecified atom stereocenters. The number of piperidine rings is 1. The minimum Gasteiger partial charge on any atom is -0.401 e. The van der Waals surface area contributed by atoms with Gasteiger partial charge in [-0.15, -0.1) is 0 Å². The van der Waals surface area contributed by atoms with Crippen molar-refractivity contribution in [1.29, 1.82) is 0 Å². The van der Waals surface area contributed by atoms with Gasteiger partial charge in [0, 0.05) is 36.5 Å². The van der Waals surface area contributed by atoms with E-state index in [0.717, 1.165) is 30.6 Å². The highest BCUT2D eigenvalue weighted by atomic mass is 19.1. The second-order valence-electron chi connectivity index (χ2n) is 9.76. The number of halogens is 1. The molecule has 196 valence electrons.